The van der Waals surface area contributed by atoms with E-state index in [4.69, 9.17) is 9.52 Å². The van der Waals surface area contributed by atoms with Crippen molar-refractivity contribution in [1.82, 2.24) is 4.90 Å². The number of furan rings is 1. The predicted molar refractivity (Wildman–Crippen MR) is 63.1 cm³/mol. The average Bonchev–Trinajstić information content (AvgIpc) is 2.65. The molecule has 1 aliphatic heterocycles. The molecule has 0 amide bonds. The number of nitrogens with zero attached hydrogens (tertiary/aromatic N) is 1. The van der Waals surface area contributed by atoms with Crippen LogP contribution < -0.4 is 0 Å². The summed E-state index contributed by atoms with van der Waals surface area (Å²) in [7, 11) is 0. The molecule has 3 heteroatoms. The zero-order valence-electron chi connectivity index (χ0n) is 9.98. The Kier molecular flexibility index (Phi) is 4.02. The first-order chi connectivity index (χ1) is 7.78. The van der Waals surface area contributed by atoms with E-state index >= 15 is 0 Å². The fraction of sp³-hybridized carbons (Fsp3) is 0.692. The maximum Gasteiger partial charge on any atom is 0.118 e. The third kappa shape index (κ3) is 3.09. The summed E-state index contributed by atoms with van der Waals surface area (Å²) in [6.07, 6.45) is 3.44. The van der Waals surface area contributed by atoms with Crippen LogP contribution in [0.4, 0.5) is 0 Å². The first-order valence-electron chi connectivity index (χ1n) is 6.16. The molecule has 0 saturated carbocycles. The lowest BCUT2D eigenvalue weighted by Crippen LogP contribution is -2.35. The van der Waals surface area contributed by atoms with Crippen molar-refractivity contribution in [3.8, 4) is 0 Å². The molecule has 1 atom stereocenters. The van der Waals surface area contributed by atoms with E-state index in [1.165, 1.54) is 12.8 Å². The molecule has 1 saturated heterocycles. The van der Waals surface area contributed by atoms with E-state index in [1.807, 2.05) is 13.0 Å². The fourth-order valence-corrected chi connectivity index (χ4v) is 2.50. The Hall–Kier alpha value is -0.800. The van der Waals surface area contributed by atoms with Gasteiger partial charge in [-0.2, -0.15) is 0 Å². The van der Waals surface area contributed by atoms with Crippen molar-refractivity contribution >= 4 is 0 Å². The molecule has 1 aliphatic rings. The molecule has 2 rings (SSSR count). The van der Waals surface area contributed by atoms with Gasteiger partial charge in [-0.1, -0.05) is 0 Å². The summed E-state index contributed by atoms with van der Waals surface area (Å²) in [5.74, 6) is 2.70. The summed E-state index contributed by atoms with van der Waals surface area (Å²) < 4.78 is 5.59. The van der Waals surface area contributed by atoms with E-state index in [2.05, 4.69) is 11.0 Å². The van der Waals surface area contributed by atoms with E-state index < -0.39 is 0 Å². The van der Waals surface area contributed by atoms with Gasteiger partial charge in [-0.15, -0.1) is 0 Å². The second kappa shape index (κ2) is 5.51. The number of hydrogen-bond donors (Lipinski definition) is 1. The summed E-state index contributed by atoms with van der Waals surface area (Å²) in [5, 5.41) is 8.96. The summed E-state index contributed by atoms with van der Waals surface area (Å²) in [5.41, 5.74) is 0. The van der Waals surface area contributed by atoms with Crippen LogP contribution in [0.1, 0.15) is 30.8 Å². The minimum Gasteiger partial charge on any atom is -0.465 e. The molecule has 0 spiro atoms. The molecule has 0 aliphatic carbocycles. The topological polar surface area (TPSA) is 36.6 Å². The highest BCUT2D eigenvalue weighted by Crippen LogP contribution is 2.21. The molecule has 3 nitrogen and oxygen atoms in total. The molecular formula is C13H21NO2. The molecule has 0 bridgehead atoms. The number of aryl methyl sites for hydroxylation is 1. The van der Waals surface area contributed by atoms with Crippen molar-refractivity contribution in [2.24, 2.45) is 5.92 Å². The van der Waals surface area contributed by atoms with E-state index in [1.54, 1.807) is 0 Å². The predicted octanol–water partition coefficient (Wildman–Crippen LogP) is 2.18. The summed E-state index contributed by atoms with van der Waals surface area (Å²) >= 11 is 0. The first kappa shape index (κ1) is 11.7. The van der Waals surface area contributed by atoms with Gasteiger partial charge in [0.15, 0.2) is 0 Å². The zero-order chi connectivity index (χ0) is 11.4. The highest BCUT2D eigenvalue weighted by atomic mass is 16.3. The second-order valence-corrected chi connectivity index (χ2v) is 4.77. The monoisotopic (exact) mass is 223 g/mol. The Labute approximate surface area is 97.1 Å². The molecule has 2 heterocycles. The Balaban J connectivity index is 1.85. The van der Waals surface area contributed by atoms with Gasteiger partial charge >= 0.3 is 0 Å². The van der Waals surface area contributed by atoms with Gasteiger partial charge in [-0.25, -0.2) is 0 Å². The summed E-state index contributed by atoms with van der Waals surface area (Å²) in [6.45, 7) is 5.46. The molecule has 1 fully saturated rings. The minimum atomic E-state index is 0.318. The van der Waals surface area contributed by atoms with E-state index in [-0.39, 0.29) is 0 Å². The van der Waals surface area contributed by atoms with Gasteiger partial charge in [0, 0.05) is 13.2 Å². The van der Waals surface area contributed by atoms with Crippen LogP contribution in [0.15, 0.2) is 16.5 Å². The fourth-order valence-electron chi connectivity index (χ4n) is 2.50. The first-order valence-corrected chi connectivity index (χ1v) is 6.16. The van der Waals surface area contributed by atoms with Gasteiger partial charge in [0.05, 0.1) is 6.54 Å². The van der Waals surface area contributed by atoms with Gasteiger partial charge in [0.2, 0.25) is 0 Å². The van der Waals surface area contributed by atoms with Crippen LogP contribution in [0, 0.1) is 12.8 Å². The van der Waals surface area contributed by atoms with Crippen molar-refractivity contribution in [3.63, 3.8) is 0 Å². The number of hydrogen-bond acceptors (Lipinski definition) is 3. The summed E-state index contributed by atoms with van der Waals surface area (Å²) in [4.78, 5) is 2.43. The lowest BCUT2D eigenvalue weighted by atomic mass is 9.95. The van der Waals surface area contributed by atoms with Gasteiger partial charge in [0.25, 0.3) is 0 Å². The average molecular weight is 223 g/mol. The van der Waals surface area contributed by atoms with Gasteiger partial charge in [0.1, 0.15) is 11.5 Å². The maximum absolute atomic E-state index is 8.96. The lowest BCUT2D eigenvalue weighted by molar-refractivity contribution is 0.135. The Morgan fingerprint density at radius 1 is 1.50 bits per heavy atom. The maximum atomic E-state index is 8.96. The Morgan fingerprint density at radius 2 is 2.38 bits per heavy atom. The Bertz CT molecular complexity index is 319. The van der Waals surface area contributed by atoms with E-state index in [9.17, 15) is 0 Å². The van der Waals surface area contributed by atoms with Crippen LogP contribution >= 0.6 is 0 Å². The lowest BCUT2D eigenvalue weighted by Gasteiger charge is -2.31. The van der Waals surface area contributed by atoms with Crippen LogP contribution in [0.2, 0.25) is 0 Å². The third-order valence-electron chi connectivity index (χ3n) is 3.32. The largest absolute Gasteiger partial charge is 0.465 e. The Morgan fingerprint density at radius 3 is 3.06 bits per heavy atom. The molecule has 1 N–H and O–H groups in total. The smallest absolute Gasteiger partial charge is 0.118 e. The van der Waals surface area contributed by atoms with Crippen LogP contribution in [0.25, 0.3) is 0 Å². The standard InChI is InChI=1S/C13H21NO2/c1-11-4-5-13(16-11)10-14-7-2-3-12(9-14)6-8-15/h4-5,12,15H,2-3,6-10H2,1H3. The molecule has 16 heavy (non-hydrogen) atoms. The molecule has 1 unspecified atom stereocenters. The van der Waals surface area contributed by atoms with Gasteiger partial charge in [-0.05, 0) is 50.8 Å². The minimum absolute atomic E-state index is 0.318. The van der Waals surface area contributed by atoms with Crippen molar-refractivity contribution in [2.45, 2.75) is 32.7 Å². The van der Waals surface area contributed by atoms with E-state index in [0.29, 0.717) is 12.5 Å². The highest BCUT2D eigenvalue weighted by Gasteiger charge is 2.20. The molecule has 0 aromatic carbocycles. The van der Waals surface area contributed by atoms with Crippen molar-refractivity contribution in [2.75, 3.05) is 19.7 Å². The highest BCUT2D eigenvalue weighted by molar-refractivity contribution is 5.05. The SMILES string of the molecule is Cc1ccc(CN2CCCC(CCO)C2)o1. The van der Waals surface area contributed by atoms with Gasteiger partial charge < -0.3 is 9.52 Å². The number of aliphatic hydroxyl groups is 1. The zero-order valence-corrected chi connectivity index (χ0v) is 9.98. The molecule has 0 radical (unpaired) electrons. The normalized spacial score (nSPS) is 22.5. The van der Waals surface area contributed by atoms with Crippen molar-refractivity contribution in [1.29, 1.82) is 0 Å². The summed E-state index contributed by atoms with van der Waals surface area (Å²) in [6, 6.07) is 4.08. The third-order valence-corrected chi connectivity index (χ3v) is 3.32. The van der Waals surface area contributed by atoms with Crippen molar-refractivity contribution in [3.05, 3.63) is 23.7 Å². The van der Waals surface area contributed by atoms with E-state index in [0.717, 1.165) is 37.6 Å². The number of likely N-dealkylation sites (tertiary alicyclic amines) is 1. The number of piperidine rings is 1. The molecule has 1 aromatic rings. The molecule has 90 valence electrons. The molecular weight excluding hydrogens is 202 g/mol. The molecule has 1 aromatic heterocycles. The van der Waals surface area contributed by atoms with Crippen molar-refractivity contribution < 1.29 is 9.52 Å². The quantitative estimate of drug-likeness (QED) is 0.850. The van der Waals surface area contributed by atoms with Crippen LogP contribution in [0.3, 0.4) is 0 Å². The second-order valence-electron chi connectivity index (χ2n) is 4.77. The van der Waals surface area contributed by atoms with Crippen LogP contribution in [-0.2, 0) is 6.54 Å². The van der Waals surface area contributed by atoms with Crippen LogP contribution in [-0.4, -0.2) is 29.7 Å². The van der Waals surface area contributed by atoms with Crippen LogP contribution in [0.5, 0.6) is 0 Å². The number of rotatable bonds is 4. The van der Waals surface area contributed by atoms with Gasteiger partial charge in [-0.3, -0.25) is 4.90 Å². The number of aliphatic hydroxyl groups excluding tert-OH is 1.